The van der Waals surface area contributed by atoms with Gasteiger partial charge in [0, 0.05) is 22.3 Å². The van der Waals surface area contributed by atoms with Gasteiger partial charge in [0.1, 0.15) is 5.82 Å². The van der Waals surface area contributed by atoms with E-state index in [2.05, 4.69) is 26.2 Å². The molecule has 0 bridgehead atoms. The maximum absolute atomic E-state index is 5.91. The van der Waals surface area contributed by atoms with E-state index in [-0.39, 0.29) is 0 Å². The summed E-state index contributed by atoms with van der Waals surface area (Å²) in [5, 5.41) is 3.35. The van der Waals surface area contributed by atoms with Gasteiger partial charge >= 0.3 is 0 Å². The lowest BCUT2D eigenvalue weighted by Crippen LogP contribution is -2.17. The zero-order chi connectivity index (χ0) is 10.9. The first-order valence-corrected chi connectivity index (χ1v) is 6.41. The lowest BCUT2D eigenvalue weighted by Gasteiger charge is -2.13. The Labute approximate surface area is 104 Å². The van der Waals surface area contributed by atoms with Crippen LogP contribution in [0.15, 0.2) is 16.6 Å². The third kappa shape index (κ3) is 2.64. The van der Waals surface area contributed by atoms with Crippen LogP contribution in [0.1, 0.15) is 18.5 Å². The minimum Gasteiger partial charge on any atom is -0.369 e. The number of nitrogens with one attached hydrogen (secondary N) is 1. The van der Waals surface area contributed by atoms with Crippen LogP contribution in [0.2, 0.25) is 0 Å². The van der Waals surface area contributed by atoms with Crippen molar-refractivity contribution >= 4 is 33.3 Å². The number of aromatic nitrogens is 1. The molecule has 82 valence electrons. The Morgan fingerprint density at radius 1 is 1.53 bits per heavy atom. The monoisotopic (exact) mass is 288 g/mol. The van der Waals surface area contributed by atoms with Crippen molar-refractivity contribution in [1.29, 1.82) is 0 Å². The molecule has 0 spiro atoms. The number of pyridine rings is 1. The smallest absolute Gasteiger partial charge is 0.126 e. The van der Waals surface area contributed by atoms with Crippen LogP contribution in [-0.4, -0.2) is 17.4 Å². The summed E-state index contributed by atoms with van der Waals surface area (Å²) in [7, 11) is 0. The van der Waals surface area contributed by atoms with Crippen LogP contribution >= 0.6 is 27.5 Å². The molecule has 4 heteroatoms. The third-order valence-electron chi connectivity index (χ3n) is 2.91. The number of rotatable bonds is 4. The Morgan fingerprint density at radius 2 is 2.27 bits per heavy atom. The number of alkyl halides is 1. The van der Waals surface area contributed by atoms with Gasteiger partial charge in [-0.05, 0) is 47.8 Å². The zero-order valence-electron chi connectivity index (χ0n) is 8.69. The molecule has 1 aliphatic carbocycles. The van der Waals surface area contributed by atoms with E-state index in [1.807, 2.05) is 19.1 Å². The number of halogens is 2. The van der Waals surface area contributed by atoms with Crippen molar-refractivity contribution in [3.8, 4) is 0 Å². The van der Waals surface area contributed by atoms with Crippen LogP contribution in [0.4, 0.5) is 5.82 Å². The number of hydrogen-bond acceptors (Lipinski definition) is 2. The molecule has 0 atom stereocenters. The molecule has 15 heavy (non-hydrogen) atoms. The minimum absolute atomic E-state index is 0.338. The summed E-state index contributed by atoms with van der Waals surface area (Å²) < 4.78 is 1.05. The minimum atomic E-state index is 0.338. The van der Waals surface area contributed by atoms with Gasteiger partial charge in [0.05, 0.1) is 5.69 Å². The van der Waals surface area contributed by atoms with Crippen molar-refractivity contribution < 1.29 is 0 Å². The predicted octanol–water partition coefficient (Wildman–Crippen LogP) is 3.58. The van der Waals surface area contributed by atoms with Crippen LogP contribution in [0, 0.1) is 12.3 Å². The summed E-state index contributed by atoms with van der Waals surface area (Å²) in [6.07, 6.45) is 2.47. The molecule has 1 N–H and O–H groups in total. The molecule has 0 amide bonds. The van der Waals surface area contributed by atoms with Crippen LogP contribution in [0.3, 0.4) is 0 Å². The maximum atomic E-state index is 5.91. The number of aryl methyl sites for hydroxylation is 1. The van der Waals surface area contributed by atoms with Crippen molar-refractivity contribution in [2.45, 2.75) is 19.8 Å². The molecule has 0 aliphatic heterocycles. The van der Waals surface area contributed by atoms with Gasteiger partial charge in [-0.2, -0.15) is 0 Å². The SMILES string of the molecule is Cc1nc(NCC2(CCl)CC2)ccc1Br. The van der Waals surface area contributed by atoms with Crippen molar-refractivity contribution in [3.63, 3.8) is 0 Å². The maximum Gasteiger partial charge on any atom is 0.126 e. The fourth-order valence-corrected chi connectivity index (χ4v) is 2.04. The average Bonchev–Trinajstić information content (AvgIpc) is 3.01. The molecule has 0 radical (unpaired) electrons. The molecule has 1 aromatic heterocycles. The van der Waals surface area contributed by atoms with Crippen molar-refractivity contribution in [3.05, 3.63) is 22.3 Å². The molecule has 2 nitrogen and oxygen atoms in total. The first-order valence-electron chi connectivity index (χ1n) is 5.08. The fraction of sp³-hybridized carbons (Fsp3) is 0.545. The van der Waals surface area contributed by atoms with E-state index in [1.54, 1.807) is 0 Å². The molecule has 0 unspecified atom stereocenters. The van der Waals surface area contributed by atoms with Gasteiger partial charge in [-0.25, -0.2) is 4.98 Å². The quantitative estimate of drug-likeness (QED) is 0.857. The molecule has 1 aromatic rings. The van der Waals surface area contributed by atoms with Crippen LogP contribution < -0.4 is 5.32 Å². The molecule has 1 saturated carbocycles. The second-order valence-corrected chi connectivity index (χ2v) is 5.37. The topological polar surface area (TPSA) is 24.9 Å². The number of nitrogens with zero attached hydrogens (tertiary/aromatic N) is 1. The number of hydrogen-bond donors (Lipinski definition) is 1. The van der Waals surface area contributed by atoms with Gasteiger partial charge in [-0.3, -0.25) is 0 Å². The summed E-state index contributed by atoms with van der Waals surface area (Å²) in [6, 6.07) is 4.01. The average molecular weight is 290 g/mol. The molecule has 2 rings (SSSR count). The summed E-state index contributed by atoms with van der Waals surface area (Å²) in [5.41, 5.74) is 1.35. The largest absolute Gasteiger partial charge is 0.369 e. The van der Waals surface area contributed by atoms with Crippen LogP contribution in [-0.2, 0) is 0 Å². The fourth-order valence-electron chi connectivity index (χ4n) is 1.45. The van der Waals surface area contributed by atoms with Gasteiger partial charge in [-0.1, -0.05) is 0 Å². The van der Waals surface area contributed by atoms with Crippen molar-refractivity contribution in [2.75, 3.05) is 17.7 Å². The van der Waals surface area contributed by atoms with Crippen molar-refractivity contribution in [1.82, 2.24) is 4.98 Å². The highest BCUT2D eigenvalue weighted by Gasteiger charge is 2.41. The van der Waals surface area contributed by atoms with Gasteiger partial charge in [0.15, 0.2) is 0 Å². The third-order valence-corrected chi connectivity index (χ3v) is 4.31. The Balaban J connectivity index is 1.96. The van der Waals surface area contributed by atoms with E-state index >= 15 is 0 Å². The van der Waals surface area contributed by atoms with Crippen LogP contribution in [0.5, 0.6) is 0 Å². The highest BCUT2D eigenvalue weighted by molar-refractivity contribution is 9.10. The first kappa shape index (κ1) is 11.2. The molecular formula is C11H14BrClN2. The highest BCUT2D eigenvalue weighted by Crippen LogP contribution is 2.46. The lowest BCUT2D eigenvalue weighted by atomic mass is 10.1. The lowest BCUT2D eigenvalue weighted by molar-refractivity contribution is 0.617. The molecular weight excluding hydrogens is 275 g/mol. The first-order chi connectivity index (χ1) is 7.15. The second kappa shape index (κ2) is 4.30. The van der Waals surface area contributed by atoms with E-state index in [4.69, 9.17) is 11.6 Å². The summed E-state index contributed by atoms with van der Waals surface area (Å²) in [5.74, 6) is 1.68. The highest BCUT2D eigenvalue weighted by atomic mass is 79.9. The van der Waals surface area contributed by atoms with E-state index < -0.39 is 0 Å². The Morgan fingerprint density at radius 3 is 2.80 bits per heavy atom. The predicted molar refractivity (Wildman–Crippen MR) is 67.6 cm³/mol. The summed E-state index contributed by atoms with van der Waals surface area (Å²) in [6.45, 7) is 2.92. The Bertz CT molecular complexity index is 364. The van der Waals surface area contributed by atoms with E-state index in [1.165, 1.54) is 12.8 Å². The van der Waals surface area contributed by atoms with E-state index in [0.717, 1.165) is 28.4 Å². The summed E-state index contributed by atoms with van der Waals surface area (Å²) in [4.78, 5) is 4.44. The van der Waals surface area contributed by atoms with E-state index in [0.29, 0.717) is 5.41 Å². The summed E-state index contributed by atoms with van der Waals surface area (Å²) >= 11 is 9.35. The normalized spacial score (nSPS) is 17.5. The van der Waals surface area contributed by atoms with Gasteiger partial charge in [0.2, 0.25) is 0 Å². The standard InChI is InChI=1S/C11H14BrClN2/c1-8-9(12)2-3-10(15-8)14-7-11(6-13)4-5-11/h2-3H,4-7H2,1H3,(H,14,15). The number of anilines is 1. The van der Waals surface area contributed by atoms with Crippen LogP contribution in [0.25, 0.3) is 0 Å². The van der Waals surface area contributed by atoms with E-state index in [9.17, 15) is 0 Å². The second-order valence-electron chi connectivity index (χ2n) is 4.25. The van der Waals surface area contributed by atoms with Crippen molar-refractivity contribution in [2.24, 2.45) is 5.41 Å². The Kier molecular flexibility index (Phi) is 3.21. The molecule has 1 heterocycles. The Hall–Kier alpha value is -0.280. The molecule has 1 aliphatic rings. The molecule has 0 saturated heterocycles. The van der Waals surface area contributed by atoms with Gasteiger partial charge < -0.3 is 5.32 Å². The molecule has 1 fully saturated rings. The zero-order valence-corrected chi connectivity index (χ0v) is 11.0. The van der Waals surface area contributed by atoms with Gasteiger partial charge in [0.25, 0.3) is 0 Å². The van der Waals surface area contributed by atoms with Gasteiger partial charge in [-0.15, -0.1) is 11.6 Å². The molecule has 0 aromatic carbocycles.